The molecule has 92 valence electrons. The lowest BCUT2D eigenvalue weighted by Crippen LogP contribution is -2.36. The molecule has 0 radical (unpaired) electrons. The van der Waals surface area contributed by atoms with Crippen LogP contribution in [0.2, 0.25) is 0 Å². The highest BCUT2D eigenvalue weighted by Gasteiger charge is 2.03. The van der Waals surface area contributed by atoms with Gasteiger partial charge in [0.05, 0.1) is 6.54 Å². The van der Waals surface area contributed by atoms with Gasteiger partial charge in [-0.3, -0.25) is 9.59 Å². The maximum absolute atomic E-state index is 11.4. The Morgan fingerprint density at radius 1 is 1.18 bits per heavy atom. The second-order valence-electron chi connectivity index (χ2n) is 3.90. The Kier molecular flexibility index (Phi) is 5.20. The summed E-state index contributed by atoms with van der Waals surface area (Å²) in [5, 5.41) is 5.28. The van der Waals surface area contributed by atoms with Gasteiger partial charge in [0.1, 0.15) is 0 Å². The lowest BCUT2D eigenvalue weighted by Gasteiger charge is -2.06. The summed E-state index contributed by atoms with van der Waals surface area (Å²) in [6, 6.07) is 7.94. The van der Waals surface area contributed by atoms with Gasteiger partial charge >= 0.3 is 0 Å². The van der Waals surface area contributed by atoms with Crippen molar-refractivity contribution in [1.82, 2.24) is 10.6 Å². The molecule has 0 heterocycles. The summed E-state index contributed by atoms with van der Waals surface area (Å²) in [7, 11) is 0. The topological polar surface area (TPSA) is 58.2 Å². The molecule has 4 heteroatoms. The van der Waals surface area contributed by atoms with E-state index in [0.29, 0.717) is 13.0 Å². The molecule has 0 unspecified atom stereocenters. The Morgan fingerprint density at radius 3 is 2.59 bits per heavy atom. The summed E-state index contributed by atoms with van der Waals surface area (Å²) < 4.78 is 0. The first-order chi connectivity index (χ1) is 8.11. The Bertz CT molecular complexity index is 402. The minimum absolute atomic E-state index is 0.0402. The van der Waals surface area contributed by atoms with Crippen LogP contribution >= 0.6 is 0 Å². The quantitative estimate of drug-likeness (QED) is 0.802. The minimum atomic E-state index is -0.173. The molecule has 0 aromatic heterocycles. The van der Waals surface area contributed by atoms with Crippen LogP contribution in [-0.4, -0.2) is 18.4 Å². The molecule has 0 saturated carbocycles. The highest BCUT2D eigenvalue weighted by Crippen LogP contribution is 2.02. The van der Waals surface area contributed by atoms with Crippen LogP contribution in [0, 0.1) is 6.92 Å². The summed E-state index contributed by atoms with van der Waals surface area (Å²) >= 11 is 0. The first-order valence-electron chi connectivity index (χ1n) is 5.70. The normalized spacial score (nSPS) is 9.76. The van der Waals surface area contributed by atoms with Crippen LogP contribution in [-0.2, 0) is 16.1 Å². The van der Waals surface area contributed by atoms with E-state index in [-0.39, 0.29) is 18.4 Å². The number of hydrogen-bond acceptors (Lipinski definition) is 2. The summed E-state index contributed by atoms with van der Waals surface area (Å²) in [6.45, 7) is 4.29. The van der Waals surface area contributed by atoms with Crippen molar-refractivity contribution in [3.63, 3.8) is 0 Å². The van der Waals surface area contributed by atoms with Crippen molar-refractivity contribution >= 4 is 11.8 Å². The molecule has 1 aromatic carbocycles. The SMILES string of the molecule is CCC(=O)NCC(=O)NCc1cccc(C)c1. The van der Waals surface area contributed by atoms with E-state index in [1.54, 1.807) is 6.92 Å². The molecule has 0 aliphatic rings. The van der Waals surface area contributed by atoms with Crippen LogP contribution in [0.15, 0.2) is 24.3 Å². The van der Waals surface area contributed by atoms with Crippen LogP contribution in [0.1, 0.15) is 24.5 Å². The van der Waals surface area contributed by atoms with Gasteiger partial charge in [-0.05, 0) is 12.5 Å². The van der Waals surface area contributed by atoms with Crippen LogP contribution in [0.25, 0.3) is 0 Å². The largest absolute Gasteiger partial charge is 0.350 e. The molecule has 4 nitrogen and oxygen atoms in total. The highest BCUT2D eigenvalue weighted by molar-refractivity contribution is 5.84. The molecule has 0 aliphatic carbocycles. The predicted molar refractivity (Wildman–Crippen MR) is 66.3 cm³/mol. The third kappa shape index (κ3) is 5.15. The molecule has 0 spiro atoms. The highest BCUT2D eigenvalue weighted by atomic mass is 16.2. The molecular weight excluding hydrogens is 216 g/mol. The zero-order valence-corrected chi connectivity index (χ0v) is 10.2. The molecule has 0 aliphatic heterocycles. The first-order valence-corrected chi connectivity index (χ1v) is 5.70. The molecule has 0 bridgehead atoms. The number of benzene rings is 1. The lowest BCUT2D eigenvalue weighted by molar-refractivity contribution is -0.126. The van der Waals surface area contributed by atoms with Gasteiger partial charge in [0.15, 0.2) is 0 Å². The Balaban J connectivity index is 2.31. The van der Waals surface area contributed by atoms with Crippen molar-refractivity contribution in [2.24, 2.45) is 0 Å². The fraction of sp³-hybridized carbons (Fsp3) is 0.385. The monoisotopic (exact) mass is 234 g/mol. The first kappa shape index (κ1) is 13.2. The standard InChI is InChI=1S/C13H18N2O2/c1-3-12(16)15-9-13(17)14-8-11-6-4-5-10(2)7-11/h4-7H,3,8-9H2,1-2H3,(H,14,17)(H,15,16). The minimum Gasteiger partial charge on any atom is -0.350 e. The van der Waals surface area contributed by atoms with E-state index >= 15 is 0 Å². The molecule has 0 fully saturated rings. The van der Waals surface area contributed by atoms with Gasteiger partial charge in [0.2, 0.25) is 11.8 Å². The van der Waals surface area contributed by atoms with Crippen molar-refractivity contribution in [3.8, 4) is 0 Å². The van der Waals surface area contributed by atoms with Crippen LogP contribution < -0.4 is 10.6 Å². The van der Waals surface area contributed by atoms with Gasteiger partial charge in [0, 0.05) is 13.0 Å². The third-order valence-corrected chi connectivity index (χ3v) is 2.34. The second kappa shape index (κ2) is 6.68. The number of rotatable bonds is 5. The van der Waals surface area contributed by atoms with Gasteiger partial charge in [0.25, 0.3) is 0 Å². The number of amides is 2. The smallest absolute Gasteiger partial charge is 0.239 e. The average Bonchev–Trinajstić information content (AvgIpc) is 2.33. The summed E-state index contributed by atoms with van der Waals surface area (Å²) in [5.74, 6) is -0.288. The van der Waals surface area contributed by atoms with E-state index in [1.165, 1.54) is 0 Å². The zero-order chi connectivity index (χ0) is 12.7. The third-order valence-electron chi connectivity index (χ3n) is 2.34. The van der Waals surface area contributed by atoms with Crippen LogP contribution in [0.3, 0.4) is 0 Å². The van der Waals surface area contributed by atoms with Crippen molar-refractivity contribution in [3.05, 3.63) is 35.4 Å². The zero-order valence-electron chi connectivity index (χ0n) is 10.2. The van der Waals surface area contributed by atoms with E-state index in [0.717, 1.165) is 11.1 Å². The van der Waals surface area contributed by atoms with E-state index in [4.69, 9.17) is 0 Å². The van der Waals surface area contributed by atoms with E-state index in [9.17, 15) is 9.59 Å². The van der Waals surface area contributed by atoms with Gasteiger partial charge in [-0.1, -0.05) is 36.8 Å². The summed E-state index contributed by atoms with van der Waals surface area (Å²) in [5.41, 5.74) is 2.22. The molecule has 0 saturated heterocycles. The Hall–Kier alpha value is -1.84. The lowest BCUT2D eigenvalue weighted by atomic mass is 10.1. The van der Waals surface area contributed by atoms with Gasteiger partial charge in [-0.25, -0.2) is 0 Å². The molecule has 1 rings (SSSR count). The summed E-state index contributed by atoms with van der Waals surface area (Å²) in [6.07, 6.45) is 0.394. The number of carbonyl (C=O) groups excluding carboxylic acids is 2. The number of hydrogen-bond donors (Lipinski definition) is 2. The van der Waals surface area contributed by atoms with Gasteiger partial charge < -0.3 is 10.6 Å². The predicted octanol–water partition coefficient (Wildman–Crippen LogP) is 1.14. The van der Waals surface area contributed by atoms with E-state index < -0.39 is 0 Å². The molecule has 2 N–H and O–H groups in total. The van der Waals surface area contributed by atoms with Crippen molar-refractivity contribution < 1.29 is 9.59 Å². The second-order valence-corrected chi connectivity index (χ2v) is 3.90. The van der Waals surface area contributed by atoms with Gasteiger partial charge in [-0.2, -0.15) is 0 Å². The fourth-order valence-corrected chi connectivity index (χ4v) is 1.39. The average molecular weight is 234 g/mol. The molecule has 1 aromatic rings. The molecule has 17 heavy (non-hydrogen) atoms. The maximum atomic E-state index is 11.4. The summed E-state index contributed by atoms with van der Waals surface area (Å²) in [4.78, 5) is 22.3. The van der Waals surface area contributed by atoms with Crippen LogP contribution in [0.4, 0.5) is 0 Å². The van der Waals surface area contributed by atoms with Crippen LogP contribution in [0.5, 0.6) is 0 Å². The Morgan fingerprint density at radius 2 is 1.94 bits per heavy atom. The molecule has 0 atom stereocenters. The fourth-order valence-electron chi connectivity index (χ4n) is 1.39. The van der Waals surface area contributed by atoms with Crippen molar-refractivity contribution in [1.29, 1.82) is 0 Å². The van der Waals surface area contributed by atoms with Crippen molar-refractivity contribution in [2.45, 2.75) is 26.8 Å². The number of carbonyl (C=O) groups is 2. The maximum Gasteiger partial charge on any atom is 0.239 e. The molecule has 2 amide bonds. The number of nitrogens with one attached hydrogen (secondary N) is 2. The molecular formula is C13H18N2O2. The van der Waals surface area contributed by atoms with E-state index in [2.05, 4.69) is 10.6 Å². The number of aryl methyl sites for hydroxylation is 1. The Labute approximate surface area is 101 Å². The van der Waals surface area contributed by atoms with Crippen molar-refractivity contribution in [2.75, 3.05) is 6.54 Å². The van der Waals surface area contributed by atoms with Gasteiger partial charge in [-0.15, -0.1) is 0 Å². The van der Waals surface area contributed by atoms with E-state index in [1.807, 2.05) is 31.2 Å².